The molecule has 10 heteroatoms. The zero-order valence-corrected chi connectivity index (χ0v) is 14.9. The second-order valence-corrected chi connectivity index (χ2v) is 4.74. The van der Waals surface area contributed by atoms with E-state index < -0.39 is 5.97 Å². The van der Waals surface area contributed by atoms with Crippen LogP contribution in [0.3, 0.4) is 0 Å². The Kier molecular flexibility index (Phi) is 5.50. The molecule has 0 amide bonds. The van der Waals surface area contributed by atoms with E-state index in [0.29, 0.717) is 23.4 Å². The molecule has 6 N–H and O–H groups in total. The fourth-order valence-corrected chi connectivity index (χ4v) is 1.99. The van der Waals surface area contributed by atoms with Crippen LogP contribution < -0.4 is 46.3 Å². The van der Waals surface area contributed by atoms with Gasteiger partial charge in [0.25, 0.3) is 0 Å². The van der Waals surface area contributed by atoms with Crippen LogP contribution >= 0.6 is 0 Å². The maximum Gasteiger partial charge on any atom is 1.00 e. The Labute approximate surface area is 160 Å². The molecule has 0 unspecified atom stereocenters. The number of carboxylic acid groups (broad SMARTS) is 1. The third kappa shape index (κ3) is 3.88. The predicted octanol–water partition coefficient (Wildman–Crippen LogP) is -1.99. The molecule has 0 aliphatic heterocycles. The number of anilines is 3. The van der Waals surface area contributed by atoms with E-state index in [-0.39, 0.29) is 48.3 Å². The number of nitrogen functional groups attached to an aromatic ring is 2. The maximum atomic E-state index is 10.8. The average molecular weight is 335 g/mol. The number of nitrogens with zero attached hydrogens (tertiary/aromatic N) is 4. The van der Waals surface area contributed by atoms with Crippen LogP contribution in [0.1, 0.15) is 17.5 Å². The minimum atomic E-state index is -0.966. The molecule has 0 saturated carbocycles. The number of aromatic carboxylic acids is 1. The minimum Gasteiger partial charge on any atom is -1.00 e. The van der Waals surface area contributed by atoms with Crippen LogP contribution in [-0.2, 0) is 6.54 Å². The summed E-state index contributed by atoms with van der Waals surface area (Å²) in [5.74, 6) is -0.743. The van der Waals surface area contributed by atoms with Crippen LogP contribution in [0.2, 0.25) is 0 Å². The number of nitrogens with one attached hydrogen (secondary N) is 1. The van der Waals surface area contributed by atoms with Crippen molar-refractivity contribution in [2.45, 2.75) is 6.54 Å². The summed E-state index contributed by atoms with van der Waals surface area (Å²) in [6.45, 7) is 0.388. The van der Waals surface area contributed by atoms with Gasteiger partial charge in [-0.2, -0.15) is 9.97 Å². The smallest absolute Gasteiger partial charge is 1.00 e. The molecule has 3 rings (SSSR count). The molecule has 9 nitrogen and oxygen atoms in total. The minimum absolute atomic E-state index is 0. The summed E-state index contributed by atoms with van der Waals surface area (Å²) in [4.78, 5) is 27.1. The monoisotopic (exact) mass is 335 g/mol. The predicted molar refractivity (Wildman–Crippen MR) is 85.8 cm³/mol. The molecule has 0 spiro atoms. The van der Waals surface area contributed by atoms with E-state index in [9.17, 15) is 4.79 Å². The van der Waals surface area contributed by atoms with Gasteiger partial charge in [0, 0.05) is 5.69 Å². The van der Waals surface area contributed by atoms with E-state index in [0.717, 1.165) is 5.69 Å². The van der Waals surface area contributed by atoms with Crippen molar-refractivity contribution in [3.63, 3.8) is 0 Å². The number of fused-ring (bicyclic) bond motifs is 1. The first-order valence-corrected chi connectivity index (χ1v) is 6.65. The van der Waals surface area contributed by atoms with Crippen molar-refractivity contribution >= 4 is 34.6 Å². The third-order valence-corrected chi connectivity index (χ3v) is 3.11. The normalized spacial score (nSPS) is 10.2. The zero-order valence-electron chi connectivity index (χ0n) is 13.9. The molecule has 0 aliphatic rings. The number of rotatable bonds is 4. The van der Waals surface area contributed by atoms with Gasteiger partial charge < -0.3 is 23.3 Å². The van der Waals surface area contributed by atoms with Crippen LogP contribution in [0.5, 0.6) is 0 Å². The largest absolute Gasteiger partial charge is 1.00 e. The van der Waals surface area contributed by atoms with Gasteiger partial charge in [-0.25, -0.2) is 14.8 Å². The number of benzene rings is 1. The van der Waals surface area contributed by atoms with E-state index in [2.05, 4.69) is 25.3 Å². The number of aromatic nitrogens is 4. The molecule has 0 radical (unpaired) electrons. The molecule has 2 heterocycles. The van der Waals surface area contributed by atoms with E-state index >= 15 is 0 Å². The van der Waals surface area contributed by atoms with Crippen molar-refractivity contribution in [3.8, 4) is 0 Å². The Morgan fingerprint density at radius 3 is 2.54 bits per heavy atom. The summed E-state index contributed by atoms with van der Waals surface area (Å²) in [7, 11) is 0. The van der Waals surface area contributed by atoms with Gasteiger partial charge in [-0.3, -0.25) is 0 Å². The van der Waals surface area contributed by atoms with Gasteiger partial charge in [0.05, 0.1) is 24.0 Å². The van der Waals surface area contributed by atoms with Crippen molar-refractivity contribution in [1.29, 1.82) is 0 Å². The fraction of sp³-hybridized carbons (Fsp3) is 0.0714. The molecule has 2 aromatic heterocycles. The van der Waals surface area contributed by atoms with Gasteiger partial charge in [0.2, 0.25) is 5.95 Å². The van der Waals surface area contributed by atoms with Crippen molar-refractivity contribution in [2.75, 3.05) is 16.8 Å². The molecule has 24 heavy (non-hydrogen) atoms. The van der Waals surface area contributed by atoms with Crippen LogP contribution in [0, 0.1) is 0 Å². The van der Waals surface area contributed by atoms with Gasteiger partial charge in [0.1, 0.15) is 0 Å². The second-order valence-electron chi connectivity index (χ2n) is 4.74. The fourth-order valence-electron chi connectivity index (χ4n) is 1.99. The molecule has 1 aromatic carbocycles. The summed E-state index contributed by atoms with van der Waals surface area (Å²) in [5, 5.41) is 12.0. The van der Waals surface area contributed by atoms with Gasteiger partial charge in [-0.15, -0.1) is 0 Å². The Bertz CT molecular complexity index is 892. The van der Waals surface area contributed by atoms with Crippen molar-refractivity contribution in [1.82, 2.24) is 19.9 Å². The molecule has 0 bridgehead atoms. The van der Waals surface area contributed by atoms with Crippen LogP contribution in [-0.4, -0.2) is 31.0 Å². The van der Waals surface area contributed by atoms with Crippen LogP contribution in [0.4, 0.5) is 17.5 Å². The molecule has 3 aromatic rings. The molecule has 0 atom stereocenters. The molecular formula is C14H14N7NaO2. The van der Waals surface area contributed by atoms with Gasteiger partial charge >= 0.3 is 35.5 Å². The second kappa shape index (κ2) is 7.39. The topological polar surface area (TPSA) is 153 Å². The van der Waals surface area contributed by atoms with Crippen molar-refractivity contribution < 1.29 is 40.9 Å². The Morgan fingerprint density at radius 2 is 1.88 bits per heavy atom. The van der Waals surface area contributed by atoms with E-state index in [1.54, 1.807) is 18.3 Å². The van der Waals surface area contributed by atoms with Crippen molar-refractivity contribution in [2.24, 2.45) is 0 Å². The molecule has 0 fully saturated rings. The van der Waals surface area contributed by atoms with E-state index in [4.69, 9.17) is 16.6 Å². The number of nitrogens with two attached hydrogens (primary N) is 2. The standard InChI is InChI=1S/C14H13N7O2.Na.H/c15-11-10-12(21-14(16)20-11)18-6-9(19-10)5-17-8-3-1-7(2-4-8)13(22)23;;/h1-4,6,17H,5H2,(H,22,23)(H4,15,16,18,20,21);;/q;+1;-1. The summed E-state index contributed by atoms with van der Waals surface area (Å²) < 4.78 is 0. The Hall–Kier alpha value is -2.49. The first kappa shape index (κ1) is 17.9. The van der Waals surface area contributed by atoms with E-state index in [1.165, 1.54) is 12.1 Å². The van der Waals surface area contributed by atoms with Gasteiger partial charge in [0.15, 0.2) is 17.0 Å². The van der Waals surface area contributed by atoms with Gasteiger partial charge in [-0.1, -0.05) is 0 Å². The molecular weight excluding hydrogens is 321 g/mol. The Balaban J connectivity index is 0.00000156. The zero-order chi connectivity index (χ0) is 16.4. The van der Waals surface area contributed by atoms with Crippen LogP contribution in [0.25, 0.3) is 11.2 Å². The number of carbonyl (C=O) groups is 1. The van der Waals surface area contributed by atoms with E-state index in [1.807, 2.05) is 0 Å². The summed E-state index contributed by atoms with van der Waals surface area (Å²) in [5.41, 5.74) is 13.6. The van der Waals surface area contributed by atoms with Crippen LogP contribution in [0.15, 0.2) is 30.5 Å². The number of carboxylic acids is 1. The number of hydrogen-bond acceptors (Lipinski definition) is 8. The SMILES string of the molecule is Nc1nc(N)c2nc(CNc3ccc(C(=O)O)cc3)cnc2n1.[H-].[Na+]. The molecule has 0 saturated heterocycles. The van der Waals surface area contributed by atoms with Gasteiger partial charge in [-0.05, 0) is 24.3 Å². The quantitative estimate of drug-likeness (QED) is 0.397. The first-order chi connectivity index (χ1) is 11.0. The number of hydrogen-bond donors (Lipinski definition) is 4. The Morgan fingerprint density at radius 1 is 1.17 bits per heavy atom. The summed E-state index contributed by atoms with van der Waals surface area (Å²) >= 11 is 0. The third-order valence-electron chi connectivity index (χ3n) is 3.11. The molecule has 118 valence electrons. The summed E-state index contributed by atoms with van der Waals surface area (Å²) in [6.07, 6.45) is 1.56. The molecule has 0 aliphatic carbocycles. The first-order valence-electron chi connectivity index (χ1n) is 6.65. The average Bonchev–Trinajstić information content (AvgIpc) is 2.53. The maximum absolute atomic E-state index is 10.8. The van der Waals surface area contributed by atoms with Crippen molar-refractivity contribution in [3.05, 3.63) is 41.7 Å². The summed E-state index contributed by atoms with van der Waals surface area (Å²) in [6, 6.07) is 6.39.